The van der Waals surface area contributed by atoms with E-state index in [2.05, 4.69) is 30.3 Å². The first-order chi connectivity index (χ1) is 18.9. The van der Waals surface area contributed by atoms with E-state index in [4.69, 9.17) is 9.15 Å². The Hall–Kier alpha value is -3.64. The normalized spacial score (nSPS) is 21.2. The molecule has 6 nitrogen and oxygen atoms in total. The van der Waals surface area contributed by atoms with Crippen LogP contribution in [0.25, 0.3) is 21.7 Å². The highest BCUT2D eigenvalue weighted by Crippen LogP contribution is 2.40. The fraction of sp³-hybridized carbons (Fsp3) is 0.394. The summed E-state index contributed by atoms with van der Waals surface area (Å²) in [6.45, 7) is 3.52. The van der Waals surface area contributed by atoms with E-state index in [1.807, 2.05) is 36.1 Å². The van der Waals surface area contributed by atoms with Crippen LogP contribution in [-0.2, 0) is 17.8 Å². The van der Waals surface area contributed by atoms with E-state index in [0.717, 1.165) is 42.2 Å². The van der Waals surface area contributed by atoms with Crippen molar-refractivity contribution in [3.63, 3.8) is 0 Å². The molecular formula is C33H35NO5. The van der Waals surface area contributed by atoms with E-state index in [0.29, 0.717) is 49.4 Å². The molecule has 3 aromatic carbocycles. The summed E-state index contributed by atoms with van der Waals surface area (Å²) >= 11 is 0. The number of nitrogens with zero attached hydrogens (tertiary/aromatic N) is 1. The Morgan fingerprint density at radius 2 is 1.92 bits per heavy atom. The lowest BCUT2D eigenvalue weighted by atomic mass is 9.71. The minimum absolute atomic E-state index is 0.0407. The topological polar surface area (TPSA) is 80.0 Å². The lowest BCUT2D eigenvalue weighted by molar-refractivity contribution is -0.143. The van der Waals surface area contributed by atoms with Crippen LogP contribution in [0.4, 0.5) is 0 Å². The minimum Gasteiger partial charge on any atom is -0.489 e. The molecule has 2 heterocycles. The summed E-state index contributed by atoms with van der Waals surface area (Å²) in [5, 5.41) is 14.1. The van der Waals surface area contributed by atoms with E-state index < -0.39 is 11.2 Å². The highest BCUT2D eigenvalue weighted by atomic mass is 16.5. The van der Waals surface area contributed by atoms with Gasteiger partial charge in [-0.25, -0.2) is 4.79 Å². The molecule has 1 N–H and O–H groups in total. The SMILES string of the molecule is Cc1c(CCC(=O)N2CC[C@]3(O)CCCC[C@@H]3C2)c(=O)oc2cc(OCc3ccc4ccccc4c3)ccc12. The molecule has 1 amide bonds. The summed E-state index contributed by atoms with van der Waals surface area (Å²) in [5.74, 6) is 0.835. The Morgan fingerprint density at radius 3 is 2.79 bits per heavy atom. The highest BCUT2D eigenvalue weighted by molar-refractivity contribution is 5.84. The van der Waals surface area contributed by atoms with Gasteiger partial charge in [0.05, 0.1) is 5.60 Å². The molecule has 2 fully saturated rings. The molecule has 39 heavy (non-hydrogen) atoms. The smallest absolute Gasteiger partial charge is 0.339 e. The molecule has 202 valence electrons. The quantitative estimate of drug-likeness (QED) is 0.316. The van der Waals surface area contributed by atoms with E-state index in [1.54, 1.807) is 6.07 Å². The third-order valence-corrected chi connectivity index (χ3v) is 8.85. The number of piperidine rings is 1. The number of likely N-dealkylation sites (tertiary alicyclic amines) is 1. The van der Waals surface area contributed by atoms with E-state index >= 15 is 0 Å². The van der Waals surface area contributed by atoms with Crippen LogP contribution in [0.1, 0.15) is 55.2 Å². The number of rotatable bonds is 6. The molecular weight excluding hydrogens is 490 g/mol. The van der Waals surface area contributed by atoms with Gasteiger partial charge in [0.1, 0.15) is 17.9 Å². The van der Waals surface area contributed by atoms with Crippen LogP contribution in [0.2, 0.25) is 0 Å². The van der Waals surface area contributed by atoms with Crippen LogP contribution in [0.15, 0.2) is 69.9 Å². The van der Waals surface area contributed by atoms with Gasteiger partial charge in [-0.3, -0.25) is 4.79 Å². The predicted molar refractivity (Wildman–Crippen MR) is 152 cm³/mol. The van der Waals surface area contributed by atoms with Crippen LogP contribution in [-0.4, -0.2) is 34.6 Å². The van der Waals surface area contributed by atoms with E-state index in [1.165, 1.54) is 10.8 Å². The predicted octanol–water partition coefficient (Wildman–Crippen LogP) is 5.92. The molecule has 0 radical (unpaired) electrons. The zero-order valence-electron chi connectivity index (χ0n) is 22.4. The van der Waals surface area contributed by atoms with Gasteiger partial charge in [-0.2, -0.15) is 0 Å². The zero-order valence-corrected chi connectivity index (χ0v) is 22.4. The second-order valence-electron chi connectivity index (χ2n) is 11.3. The number of benzene rings is 3. The van der Waals surface area contributed by atoms with Crippen LogP contribution in [0.3, 0.4) is 0 Å². The van der Waals surface area contributed by atoms with Crippen molar-refractivity contribution in [2.45, 2.75) is 64.1 Å². The van der Waals surface area contributed by atoms with Crippen LogP contribution < -0.4 is 10.4 Å². The van der Waals surface area contributed by atoms with Crippen LogP contribution in [0.5, 0.6) is 5.75 Å². The summed E-state index contributed by atoms with van der Waals surface area (Å²) in [7, 11) is 0. The van der Waals surface area contributed by atoms with Crippen molar-refractivity contribution >= 4 is 27.6 Å². The maximum atomic E-state index is 13.0. The first-order valence-electron chi connectivity index (χ1n) is 14.1. The summed E-state index contributed by atoms with van der Waals surface area (Å²) in [5.41, 5.74) is 1.93. The number of carbonyl (C=O) groups is 1. The molecule has 1 aromatic heterocycles. The molecule has 1 aliphatic carbocycles. The molecule has 2 atom stereocenters. The number of amides is 1. The van der Waals surface area contributed by atoms with Crippen molar-refractivity contribution in [2.75, 3.05) is 13.1 Å². The minimum atomic E-state index is -0.608. The summed E-state index contributed by atoms with van der Waals surface area (Å²) < 4.78 is 11.7. The van der Waals surface area contributed by atoms with Gasteiger partial charge in [-0.05, 0) is 72.7 Å². The van der Waals surface area contributed by atoms with Gasteiger partial charge in [-0.15, -0.1) is 0 Å². The summed E-state index contributed by atoms with van der Waals surface area (Å²) in [6.07, 6.45) is 5.24. The second-order valence-corrected chi connectivity index (χ2v) is 11.3. The molecule has 4 aromatic rings. The first kappa shape index (κ1) is 25.6. The monoisotopic (exact) mass is 525 g/mol. The highest BCUT2D eigenvalue weighted by Gasteiger charge is 2.43. The van der Waals surface area contributed by atoms with Gasteiger partial charge in [0.25, 0.3) is 0 Å². The van der Waals surface area contributed by atoms with Crippen molar-refractivity contribution in [1.29, 1.82) is 0 Å². The van der Waals surface area contributed by atoms with Gasteiger partial charge in [0.2, 0.25) is 5.91 Å². The van der Waals surface area contributed by atoms with Gasteiger partial charge in [0.15, 0.2) is 0 Å². The molecule has 1 saturated carbocycles. The average molecular weight is 526 g/mol. The summed E-state index contributed by atoms with van der Waals surface area (Å²) in [6, 6.07) is 20.1. The Balaban J connectivity index is 1.12. The van der Waals surface area contributed by atoms with Crippen molar-refractivity contribution in [1.82, 2.24) is 4.90 Å². The molecule has 1 aliphatic heterocycles. The lowest BCUT2D eigenvalue weighted by Gasteiger charge is -2.47. The zero-order chi connectivity index (χ0) is 27.0. The lowest BCUT2D eigenvalue weighted by Crippen LogP contribution is -2.54. The summed E-state index contributed by atoms with van der Waals surface area (Å²) in [4.78, 5) is 27.8. The Bertz CT molecular complexity index is 1590. The third-order valence-electron chi connectivity index (χ3n) is 8.85. The van der Waals surface area contributed by atoms with Gasteiger partial charge >= 0.3 is 5.63 Å². The number of hydrogen-bond acceptors (Lipinski definition) is 5. The molecule has 0 unspecified atom stereocenters. The Morgan fingerprint density at radius 1 is 1.08 bits per heavy atom. The number of aryl methyl sites for hydroxylation is 1. The maximum absolute atomic E-state index is 13.0. The fourth-order valence-corrected chi connectivity index (χ4v) is 6.44. The van der Waals surface area contributed by atoms with Gasteiger partial charge in [-0.1, -0.05) is 49.2 Å². The molecule has 6 heteroatoms. The average Bonchev–Trinajstić information content (AvgIpc) is 2.95. The standard InChI is InChI=1S/C33H35NO5/c1-22-28-12-11-27(38-21-23-9-10-24-6-2-3-7-25(24)18-23)19-30(28)39-32(36)29(22)13-14-31(35)34-17-16-33(37)15-5-4-8-26(33)20-34/h2-3,6-7,9-12,18-19,26,37H,4-5,8,13-17,20-21H2,1H3/t26-,33-/m1/s1. The maximum Gasteiger partial charge on any atom is 0.339 e. The fourth-order valence-electron chi connectivity index (χ4n) is 6.44. The number of ether oxygens (including phenoxy) is 1. The van der Waals surface area contributed by atoms with Crippen LogP contribution >= 0.6 is 0 Å². The Labute approximate surface area is 228 Å². The number of aliphatic hydroxyl groups is 1. The number of carbonyl (C=O) groups excluding carboxylic acids is 1. The Kier molecular flexibility index (Phi) is 6.90. The van der Waals surface area contributed by atoms with E-state index in [-0.39, 0.29) is 18.2 Å². The molecule has 2 aliphatic rings. The van der Waals surface area contributed by atoms with Crippen LogP contribution in [0, 0.1) is 12.8 Å². The van der Waals surface area contributed by atoms with Crippen molar-refractivity contribution in [3.8, 4) is 5.75 Å². The number of fused-ring (bicyclic) bond motifs is 3. The largest absolute Gasteiger partial charge is 0.489 e. The number of hydrogen-bond donors (Lipinski definition) is 1. The molecule has 0 spiro atoms. The van der Waals surface area contributed by atoms with Gasteiger partial charge < -0.3 is 19.2 Å². The molecule has 0 bridgehead atoms. The third kappa shape index (κ3) is 5.18. The van der Waals surface area contributed by atoms with Crippen molar-refractivity contribution in [3.05, 3.63) is 87.8 Å². The van der Waals surface area contributed by atoms with Crippen molar-refractivity contribution in [2.24, 2.45) is 5.92 Å². The second kappa shape index (κ2) is 10.5. The molecule has 1 saturated heterocycles. The molecule has 6 rings (SSSR count). The first-order valence-corrected chi connectivity index (χ1v) is 14.1. The van der Waals surface area contributed by atoms with E-state index in [9.17, 15) is 14.7 Å². The van der Waals surface area contributed by atoms with Gasteiger partial charge in [0, 0.05) is 42.4 Å². The van der Waals surface area contributed by atoms with Crippen molar-refractivity contribution < 1.29 is 19.1 Å².